The molecule has 1 aromatic heterocycles. The van der Waals surface area contributed by atoms with Crippen molar-refractivity contribution in [2.75, 3.05) is 65.5 Å². The van der Waals surface area contributed by atoms with E-state index in [9.17, 15) is 4.79 Å². The van der Waals surface area contributed by atoms with Crippen molar-refractivity contribution in [3.8, 4) is 17.2 Å². The van der Waals surface area contributed by atoms with Crippen molar-refractivity contribution in [1.29, 1.82) is 0 Å². The van der Waals surface area contributed by atoms with Crippen LogP contribution in [-0.2, 0) is 0 Å². The van der Waals surface area contributed by atoms with Gasteiger partial charge in [-0.15, -0.1) is 0 Å². The molecule has 2 aromatic carbocycles. The SMILES string of the molecule is COc1ccc2nc(N3CCN(CCNC(=O)c4cccc(OC)c4OC)CC3)sc2c1. The first-order valence-corrected chi connectivity index (χ1v) is 11.4. The van der Waals surface area contributed by atoms with Crippen LogP contribution in [0.1, 0.15) is 10.4 Å². The lowest BCUT2D eigenvalue weighted by molar-refractivity contribution is 0.0944. The van der Waals surface area contributed by atoms with E-state index in [0.29, 0.717) is 23.6 Å². The first-order chi connectivity index (χ1) is 15.6. The summed E-state index contributed by atoms with van der Waals surface area (Å²) in [5, 5.41) is 4.04. The number of fused-ring (bicyclic) bond motifs is 1. The molecule has 1 amide bonds. The maximum Gasteiger partial charge on any atom is 0.255 e. The molecule has 4 rings (SSSR count). The third kappa shape index (κ3) is 4.73. The van der Waals surface area contributed by atoms with E-state index in [1.165, 1.54) is 7.11 Å². The van der Waals surface area contributed by atoms with E-state index in [2.05, 4.69) is 15.1 Å². The van der Waals surface area contributed by atoms with E-state index in [1.54, 1.807) is 43.8 Å². The summed E-state index contributed by atoms with van der Waals surface area (Å²) in [4.78, 5) is 22.1. The Morgan fingerprint density at radius 1 is 1.06 bits per heavy atom. The molecule has 1 aliphatic heterocycles. The van der Waals surface area contributed by atoms with Gasteiger partial charge in [-0.1, -0.05) is 17.4 Å². The number of anilines is 1. The molecule has 0 spiro atoms. The van der Waals surface area contributed by atoms with Crippen molar-refractivity contribution in [1.82, 2.24) is 15.2 Å². The Morgan fingerprint density at radius 3 is 2.59 bits per heavy atom. The molecule has 32 heavy (non-hydrogen) atoms. The van der Waals surface area contributed by atoms with Gasteiger partial charge < -0.3 is 24.4 Å². The fourth-order valence-electron chi connectivity index (χ4n) is 3.81. The van der Waals surface area contributed by atoms with E-state index < -0.39 is 0 Å². The Balaban J connectivity index is 1.27. The van der Waals surface area contributed by atoms with Crippen LogP contribution in [0.15, 0.2) is 36.4 Å². The molecule has 2 heterocycles. The second-order valence-corrected chi connectivity index (χ2v) is 8.46. The van der Waals surface area contributed by atoms with Gasteiger partial charge in [0.1, 0.15) is 5.75 Å². The number of carbonyl (C=O) groups is 1. The minimum Gasteiger partial charge on any atom is -0.497 e. The van der Waals surface area contributed by atoms with Gasteiger partial charge in [-0.25, -0.2) is 4.98 Å². The number of amides is 1. The predicted octanol–water partition coefficient (Wildman–Crippen LogP) is 2.87. The molecule has 0 unspecified atom stereocenters. The average Bonchev–Trinajstić information content (AvgIpc) is 3.27. The molecule has 1 saturated heterocycles. The normalized spacial score (nSPS) is 14.4. The van der Waals surface area contributed by atoms with Gasteiger partial charge in [0.05, 0.1) is 37.1 Å². The zero-order valence-electron chi connectivity index (χ0n) is 18.6. The summed E-state index contributed by atoms with van der Waals surface area (Å²) < 4.78 is 17.1. The lowest BCUT2D eigenvalue weighted by Crippen LogP contribution is -2.48. The monoisotopic (exact) mass is 456 g/mol. The third-order valence-corrected chi connectivity index (χ3v) is 6.67. The number of hydrogen-bond acceptors (Lipinski definition) is 8. The van der Waals surface area contributed by atoms with E-state index in [0.717, 1.165) is 53.8 Å². The summed E-state index contributed by atoms with van der Waals surface area (Å²) in [6, 6.07) is 11.3. The molecule has 0 saturated carbocycles. The van der Waals surface area contributed by atoms with E-state index in [1.807, 2.05) is 18.2 Å². The first kappa shape index (κ1) is 22.2. The van der Waals surface area contributed by atoms with Gasteiger partial charge in [0.15, 0.2) is 16.6 Å². The van der Waals surface area contributed by atoms with Crippen molar-refractivity contribution in [2.45, 2.75) is 0 Å². The lowest BCUT2D eigenvalue weighted by Gasteiger charge is -2.34. The van der Waals surface area contributed by atoms with Crippen LogP contribution >= 0.6 is 11.3 Å². The van der Waals surface area contributed by atoms with Crippen LogP contribution in [0.5, 0.6) is 17.2 Å². The number of piperazine rings is 1. The van der Waals surface area contributed by atoms with Gasteiger partial charge in [-0.3, -0.25) is 9.69 Å². The summed E-state index contributed by atoms with van der Waals surface area (Å²) in [5.41, 5.74) is 1.48. The largest absolute Gasteiger partial charge is 0.497 e. The molecule has 8 nitrogen and oxygen atoms in total. The number of hydrogen-bond donors (Lipinski definition) is 1. The first-order valence-electron chi connectivity index (χ1n) is 10.5. The Hall–Kier alpha value is -3.04. The van der Waals surface area contributed by atoms with Crippen LogP contribution in [-0.4, -0.2) is 76.4 Å². The number of nitrogens with one attached hydrogen (secondary N) is 1. The highest BCUT2D eigenvalue weighted by molar-refractivity contribution is 7.22. The van der Waals surface area contributed by atoms with Gasteiger partial charge in [-0.05, 0) is 30.3 Å². The molecule has 1 fully saturated rings. The topological polar surface area (TPSA) is 76.2 Å². The zero-order chi connectivity index (χ0) is 22.5. The minimum absolute atomic E-state index is 0.163. The van der Waals surface area contributed by atoms with Gasteiger partial charge in [0, 0.05) is 39.3 Å². The average molecular weight is 457 g/mol. The Morgan fingerprint density at radius 2 is 1.88 bits per heavy atom. The number of aromatic nitrogens is 1. The number of benzene rings is 2. The number of nitrogens with zero attached hydrogens (tertiary/aromatic N) is 3. The maximum atomic E-state index is 12.6. The molecule has 9 heteroatoms. The smallest absolute Gasteiger partial charge is 0.255 e. The van der Waals surface area contributed by atoms with Crippen LogP contribution in [0.25, 0.3) is 10.2 Å². The van der Waals surface area contributed by atoms with E-state index in [-0.39, 0.29) is 5.91 Å². The van der Waals surface area contributed by atoms with Crippen LogP contribution in [0.2, 0.25) is 0 Å². The third-order valence-electron chi connectivity index (χ3n) is 5.59. The summed E-state index contributed by atoms with van der Waals surface area (Å²) in [6.45, 7) is 5.04. The number of methoxy groups -OCH3 is 3. The molecule has 0 aliphatic carbocycles. The molecular weight excluding hydrogens is 428 g/mol. The number of para-hydroxylation sites is 1. The molecular formula is C23H28N4O4S. The van der Waals surface area contributed by atoms with Crippen molar-refractivity contribution < 1.29 is 19.0 Å². The van der Waals surface area contributed by atoms with Crippen molar-refractivity contribution in [2.24, 2.45) is 0 Å². The fraction of sp³-hybridized carbons (Fsp3) is 0.391. The molecule has 0 radical (unpaired) electrons. The van der Waals surface area contributed by atoms with E-state index >= 15 is 0 Å². The minimum atomic E-state index is -0.163. The second kappa shape index (κ2) is 10.1. The molecule has 3 aromatic rings. The van der Waals surface area contributed by atoms with Crippen LogP contribution in [0.4, 0.5) is 5.13 Å². The highest BCUT2D eigenvalue weighted by atomic mass is 32.1. The van der Waals surface area contributed by atoms with E-state index in [4.69, 9.17) is 19.2 Å². The number of carbonyl (C=O) groups excluding carboxylic acids is 1. The summed E-state index contributed by atoms with van der Waals surface area (Å²) in [5.74, 6) is 1.69. The van der Waals surface area contributed by atoms with Crippen LogP contribution in [0.3, 0.4) is 0 Å². The van der Waals surface area contributed by atoms with Gasteiger partial charge in [0.25, 0.3) is 5.91 Å². The Labute approximate surface area is 191 Å². The van der Waals surface area contributed by atoms with Crippen molar-refractivity contribution >= 4 is 32.6 Å². The van der Waals surface area contributed by atoms with Gasteiger partial charge in [-0.2, -0.15) is 0 Å². The molecule has 0 atom stereocenters. The summed E-state index contributed by atoms with van der Waals surface area (Å²) in [7, 11) is 4.78. The van der Waals surface area contributed by atoms with Crippen molar-refractivity contribution in [3.63, 3.8) is 0 Å². The summed E-state index contributed by atoms with van der Waals surface area (Å²) in [6.07, 6.45) is 0. The quantitative estimate of drug-likeness (QED) is 0.559. The van der Waals surface area contributed by atoms with Crippen LogP contribution < -0.4 is 24.4 Å². The highest BCUT2D eigenvalue weighted by Gasteiger charge is 2.21. The molecule has 1 N–H and O–H groups in total. The lowest BCUT2D eigenvalue weighted by atomic mass is 10.1. The number of thiazole rings is 1. The number of ether oxygens (including phenoxy) is 3. The fourth-order valence-corrected chi connectivity index (χ4v) is 4.85. The highest BCUT2D eigenvalue weighted by Crippen LogP contribution is 2.32. The predicted molar refractivity (Wildman–Crippen MR) is 127 cm³/mol. The second-order valence-electron chi connectivity index (χ2n) is 7.46. The number of rotatable bonds is 8. The van der Waals surface area contributed by atoms with Gasteiger partial charge in [0.2, 0.25) is 0 Å². The summed E-state index contributed by atoms with van der Waals surface area (Å²) >= 11 is 1.70. The molecule has 170 valence electrons. The maximum absolute atomic E-state index is 12.6. The van der Waals surface area contributed by atoms with Crippen LogP contribution in [0, 0.1) is 0 Å². The molecule has 0 bridgehead atoms. The van der Waals surface area contributed by atoms with Crippen molar-refractivity contribution in [3.05, 3.63) is 42.0 Å². The Kier molecular flexibility index (Phi) is 6.96. The van der Waals surface area contributed by atoms with Gasteiger partial charge >= 0.3 is 0 Å². The standard InChI is InChI=1S/C23H28N4O4S/c1-29-16-7-8-18-20(15-16)32-23(25-18)27-13-11-26(12-14-27)10-9-24-22(28)17-5-4-6-19(30-2)21(17)31-3/h4-8,15H,9-14H2,1-3H3,(H,24,28). The zero-order valence-corrected chi connectivity index (χ0v) is 19.4. The Bertz CT molecular complexity index is 1080. The molecule has 1 aliphatic rings.